The second kappa shape index (κ2) is 6.90. The fourth-order valence-corrected chi connectivity index (χ4v) is 2.02. The molecule has 0 aliphatic carbocycles. The van der Waals surface area contributed by atoms with Crippen LogP contribution in [-0.2, 0) is 0 Å². The molecule has 0 radical (unpaired) electrons. The summed E-state index contributed by atoms with van der Waals surface area (Å²) >= 11 is 0. The summed E-state index contributed by atoms with van der Waals surface area (Å²) in [6, 6.07) is 15.4. The van der Waals surface area contributed by atoms with Crippen molar-refractivity contribution >= 4 is 17.7 Å². The quantitative estimate of drug-likeness (QED) is 0.768. The van der Waals surface area contributed by atoms with Gasteiger partial charge in [0, 0.05) is 11.3 Å². The van der Waals surface area contributed by atoms with E-state index in [2.05, 4.69) is 11.9 Å². The number of hydrogen-bond acceptors (Lipinski definition) is 1. The summed E-state index contributed by atoms with van der Waals surface area (Å²) in [5.41, 5.74) is 5.57. The number of amides is 1. The molecule has 0 saturated heterocycles. The zero-order chi connectivity index (χ0) is 16.1. The van der Waals surface area contributed by atoms with Gasteiger partial charge in [0.1, 0.15) is 0 Å². The summed E-state index contributed by atoms with van der Waals surface area (Å²) < 4.78 is 0. The molecule has 2 nitrogen and oxygen atoms in total. The van der Waals surface area contributed by atoms with Crippen LogP contribution in [0.3, 0.4) is 0 Å². The Morgan fingerprint density at radius 3 is 2.32 bits per heavy atom. The second-order valence-electron chi connectivity index (χ2n) is 5.52. The van der Waals surface area contributed by atoms with Crippen molar-refractivity contribution in [3.8, 4) is 0 Å². The van der Waals surface area contributed by atoms with Crippen LogP contribution in [0.2, 0.25) is 0 Å². The Morgan fingerprint density at radius 1 is 1.05 bits per heavy atom. The van der Waals surface area contributed by atoms with Gasteiger partial charge in [-0.05, 0) is 50.1 Å². The number of carbonyl (C=O) groups is 1. The van der Waals surface area contributed by atoms with Crippen molar-refractivity contribution in [3.05, 3.63) is 82.9 Å². The molecule has 0 bridgehead atoms. The van der Waals surface area contributed by atoms with Crippen molar-refractivity contribution < 1.29 is 4.79 Å². The molecular weight excluding hydrogens is 270 g/mol. The molecule has 1 amide bonds. The Kier molecular flexibility index (Phi) is 4.95. The minimum Gasteiger partial charge on any atom is -0.322 e. The molecule has 0 heterocycles. The van der Waals surface area contributed by atoms with E-state index in [1.807, 2.05) is 75.4 Å². The third-order valence-corrected chi connectivity index (χ3v) is 3.56. The number of aryl methyl sites for hydroxylation is 1. The van der Waals surface area contributed by atoms with Crippen LogP contribution in [0.4, 0.5) is 5.69 Å². The first-order valence-corrected chi connectivity index (χ1v) is 7.28. The maximum absolute atomic E-state index is 12.5. The van der Waals surface area contributed by atoms with Gasteiger partial charge in [-0.3, -0.25) is 4.79 Å². The Bertz CT molecular complexity index is 724. The molecule has 0 spiro atoms. The lowest BCUT2D eigenvalue weighted by Crippen LogP contribution is -2.13. The smallest absolute Gasteiger partial charge is 0.256 e. The second-order valence-corrected chi connectivity index (χ2v) is 5.52. The summed E-state index contributed by atoms with van der Waals surface area (Å²) in [4.78, 5) is 12.5. The number of allylic oxidation sites excluding steroid dienone is 2. The lowest BCUT2D eigenvalue weighted by molar-refractivity contribution is 0.102. The van der Waals surface area contributed by atoms with E-state index in [1.165, 1.54) is 5.56 Å². The molecule has 0 saturated carbocycles. The fourth-order valence-electron chi connectivity index (χ4n) is 2.02. The van der Waals surface area contributed by atoms with Crippen molar-refractivity contribution in [2.45, 2.75) is 20.8 Å². The highest BCUT2D eigenvalue weighted by atomic mass is 16.1. The predicted molar refractivity (Wildman–Crippen MR) is 94.0 cm³/mol. The maximum atomic E-state index is 12.5. The van der Waals surface area contributed by atoms with Crippen molar-refractivity contribution in [1.82, 2.24) is 0 Å². The predicted octanol–water partition coefficient (Wildman–Crippen LogP) is 5.23. The molecule has 0 aromatic heterocycles. The zero-order valence-electron chi connectivity index (χ0n) is 13.3. The molecule has 2 aromatic rings. The average molecular weight is 291 g/mol. The minimum absolute atomic E-state index is 0.106. The van der Waals surface area contributed by atoms with Crippen LogP contribution >= 0.6 is 0 Å². The van der Waals surface area contributed by atoms with Crippen molar-refractivity contribution in [3.63, 3.8) is 0 Å². The molecule has 2 aromatic carbocycles. The maximum Gasteiger partial charge on any atom is 0.256 e. The van der Waals surface area contributed by atoms with E-state index in [0.29, 0.717) is 5.56 Å². The molecule has 112 valence electrons. The van der Waals surface area contributed by atoms with Gasteiger partial charge in [-0.2, -0.15) is 0 Å². The Labute approximate surface area is 132 Å². The number of benzene rings is 2. The Morgan fingerprint density at radius 2 is 1.68 bits per heavy atom. The molecule has 22 heavy (non-hydrogen) atoms. The van der Waals surface area contributed by atoms with Gasteiger partial charge in [0.2, 0.25) is 0 Å². The first-order valence-electron chi connectivity index (χ1n) is 7.28. The number of hydrogen-bond donors (Lipinski definition) is 1. The summed E-state index contributed by atoms with van der Waals surface area (Å²) in [6.45, 7) is 9.91. The molecule has 0 fully saturated rings. The Balaban J connectivity index is 2.28. The van der Waals surface area contributed by atoms with Gasteiger partial charge in [0.05, 0.1) is 0 Å². The van der Waals surface area contributed by atoms with Gasteiger partial charge in [0.25, 0.3) is 5.91 Å². The summed E-state index contributed by atoms with van der Waals surface area (Å²) in [5.74, 6) is -0.106. The van der Waals surface area contributed by atoms with Gasteiger partial charge in [-0.25, -0.2) is 0 Å². The third kappa shape index (κ3) is 3.95. The number of nitrogens with one attached hydrogen (secondary N) is 1. The lowest BCUT2D eigenvalue weighted by atomic mass is 10.0. The fraction of sp³-hybridized carbons (Fsp3) is 0.150. The van der Waals surface area contributed by atoms with Gasteiger partial charge in [-0.15, -0.1) is 0 Å². The van der Waals surface area contributed by atoms with Gasteiger partial charge in [0.15, 0.2) is 0 Å². The first kappa shape index (κ1) is 15.8. The van der Waals surface area contributed by atoms with E-state index in [9.17, 15) is 4.79 Å². The molecule has 1 N–H and O–H groups in total. The Hall–Kier alpha value is -2.61. The van der Waals surface area contributed by atoms with Crippen LogP contribution < -0.4 is 5.32 Å². The highest BCUT2D eigenvalue weighted by Crippen LogP contribution is 2.18. The van der Waals surface area contributed by atoms with Gasteiger partial charge >= 0.3 is 0 Å². The first-order chi connectivity index (χ1) is 10.5. The molecule has 0 aliphatic rings. The largest absolute Gasteiger partial charge is 0.322 e. The molecule has 0 atom stereocenters. The number of anilines is 1. The SMILES string of the molecule is C=C(C)/C(C)=C/c1ccccc1C(=O)Nc1ccc(C)cc1. The molecule has 0 aliphatic heterocycles. The van der Waals surface area contributed by atoms with E-state index >= 15 is 0 Å². The number of carbonyl (C=O) groups excluding carboxylic acids is 1. The summed E-state index contributed by atoms with van der Waals surface area (Å²) in [7, 11) is 0. The van der Waals surface area contributed by atoms with Crippen molar-refractivity contribution in [1.29, 1.82) is 0 Å². The normalized spacial score (nSPS) is 11.1. The summed E-state index contributed by atoms with van der Waals surface area (Å²) in [6.07, 6.45) is 1.99. The summed E-state index contributed by atoms with van der Waals surface area (Å²) in [5, 5.41) is 2.94. The highest BCUT2D eigenvalue weighted by Gasteiger charge is 2.10. The van der Waals surface area contributed by atoms with E-state index in [-0.39, 0.29) is 5.91 Å². The van der Waals surface area contributed by atoms with E-state index < -0.39 is 0 Å². The van der Waals surface area contributed by atoms with Crippen LogP contribution in [0.25, 0.3) is 6.08 Å². The van der Waals surface area contributed by atoms with E-state index in [0.717, 1.165) is 22.4 Å². The molecule has 0 unspecified atom stereocenters. The van der Waals surface area contributed by atoms with Crippen molar-refractivity contribution in [2.24, 2.45) is 0 Å². The van der Waals surface area contributed by atoms with E-state index in [1.54, 1.807) is 0 Å². The zero-order valence-corrected chi connectivity index (χ0v) is 13.3. The topological polar surface area (TPSA) is 29.1 Å². The van der Waals surface area contributed by atoms with Crippen LogP contribution in [0.5, 0.6) is 0 Å². The monoisotopic (exact) mass is 291 g/mol. The standard InChI is InChI=1S/C20H21NO/c1-14(2)16(4)13-17-7-5-6-8-19(17)20(22)21-18-11-9-15(3)10-12-18/h5-13H,1H2,2-4H3,(H,21,22)/b16-13+. The molecule has 2 heteroatoms. The molecular formula is C20H21NO. The minimum atomic E-state index is -0.106. The van der Waals surface area contributed by atoms with Crippen LogP contribution in [0.1, 0.15) is 35.3 Å². The molecule has 2 rings (SSSR count). The average Bonchev–Trinajstić information content (AvgIpc) is 2.50. The van der Waals surface area contributed by atoms with Crippen molar-refractivity contribution in [2.75, 3.05) is 5.32 Å². The van der Waals surface area contributed by atoms with Crippen LogP contribution in [0, 0.1) is 6.92 Å². The highest BCUT2D eigenvalue weighted by molar-refractivity contribution is 6.06. The van der Waals surface area contributed by atoms with Gasteiger partial charge in [-0.1, -0.05) is 54.1 Å². The number of rotatable bonds is 4. The lowest BCUT2D eigenvalue weighted by Gasteiger charge is -2.09. The third-order valence-electron chi connectivity index (χ3n) is 3.56. The van der Waals surface area contributed by atoms with E-state index in [4.69, 9.17) is 0 Å². The van der Waals surface area contributed by atoms with Crippen LogP contribution in [-0.4, -0.2) is 5.91 Å². The van der Waals surface area contributed by atoms with Crippen LogP contribution in [0.15, 0.2) is 66.3 Å². The van der Waals surface area contributed by atoms with Gasteiger partial charge < -0.3 is 5.32 Å².